The van der Waals surface area contributed by atoms with E-state index in [2.05, 4.69) is 15.6 Å². The number of carbonyl (C=O) groups excluding carboxylic acids is 1. The van der Waals surface area contributed by atoms with E-state index in [0.29, 0.717) is 17.4 Å². The molecule has 1 fully saturated rings. The first-order chi connectivity index (χ1) is 9.75. The minimum absolute atomic E-state index is 0. The van der Waals surface area contributed by atoms with Crippen molar-refractivity contribution in [1.29, 1.82) is 0 Å². The number of aromatic nitrogens is 2. The first kappa shape index (κ1) is 15.9. The monoisotopic (exact) mass is 328 g/mol. The van der Waals surface area contributed by atoms with Crippen LogP contribution in [0.5, 0.6) is 0 Å². The standard InChI is InChI=1S/C13H16N4O2S.ClH/c18-11(15-4-2-9-1-3-14-7-9)10-8-16-13-17(12(10)19)5-6-20-13;/h5-6,8-9,14H,1-4,7H2,(H,15,18);1H. The number of thiazole rings is 1. The lowest BCUT2D eigenvalue weighted by atomic mass is 10.1. The van der Waals surface area contributed by atoms with Crippen molar-refractivity contribution in [3.8, 4) is 0 Å². The van der Waals surface area contributed by atoms with Crippen molar-refractivity contribution in [2.24, 2.45) is 5.92 Å². The summed E-state index contributed by atoms with van der Waals surface area (Å²) >= 11 is 1.37. The van der Waals surface area contributed by atoms with Crippen LogP contribution >= 0.6 is 23.7 Å². The van der Waals surface area contributed by atoms with E-state index >= 15 is 0 Å². The van der Waals surface area contributed by atoms with Crippen LogP contribution in [0.15, 0.2) is 22.6 Å². The van der Waals surface area contributed by atoms with E-state index in [1.54, 1.807) is 11.6 Å². The second-order valence-electron chi connectivity index (χ2n) is 4.94. The number of rotatable bonds is 4. The number of nitrogens with zero attached hydrogens (tertiary/aromatic N) is 2. The number of amides is 1. The van der Waals surface area contributed by atoms with Gasteiger partial charge >= 0.3 is 0 Å². The summed E-state index contributed by atoms with van der Waals surface area (Å²) in [7, 11) is 0. The average molecular weight is 329 g/mol. The van der Waals surface area contributed by atoms with Gasteiger partial charge in [0.25, 0.3) is 11.5 Å². The van der Waals surface area contributed by atoms with Crippen molar-refractivity contribution in [3.63, 3.8) is 0 Å². The Kier molecular flexibility index (Phi) is 5.33. The Balaban J connectivity index is 0.00000161. The van der Waals surface area contributed by atoms with Gasteiger partial charge in [0.2, 0.25) is 0 Å². The minimum atomic E-state index is -0.339. The maximum absolute atomic E-state index is 12.1. The molecule has 6 nitrogen and oxygen atoms in total. The Morgan fingerprint density at radius 2 is 2.43 bits per heavy atom. The van der Waals surface area contributed by atoms with E-state index in [1.807, 2.05) is 0 Å². The molecule has 1 unspecified atom stereocenters. The van der Waals surface area contributed by atoms with E-state index in [4.69, 9.17) is 0 Å². The van der Waals surface area contributed by atoms with E-state index < -0.39 is 0 Å². The molecule has 0 aliphatic carbocycles. The zero-order valence-corrected chi connectivity index (χ0v) is 13.0. The molecule has 21 heavy (non-hydrogen) atoms. The topological polar surface area (TPSA) is 75.5 Å². The van der Waals surface area contributed by atoms with Gasteiger partial charge in [-0.3, -0.25) is 14.0 Å². The van der Waals surface area contributed by atoms with Gasteiger partial charge in [0.1, 0.15) is 5.56 Å². The Hall–Kier alpha value is -1.44. The molecule has 2 aromatic heterocycles. The van der Waals surface area contributed by atoms with Gasteiger partial charge in [0, 0.05) is 24.3 Å². The van der Waals surface area contributed by atoms with Crippen LogP contribution in [0.1, 0.15) is 23.2 Å². The highest BCUT2D eigenvalue weighted by atomic mass is 35.5. The maximum atomic E-state index is 12.1. The van der Waals surface area contributed by atoms with E-state index in [1.165, 1.54) is 21.9 Å². The van der Waals surface area contributed by atoms with Gasteiger partial charge in [-0.2, -0.15) is 0 Å². The maximum Gasteiger partial charge on any atom is 0.271 e. The molecule has 0 radical (unpaired) electrons. The Bertz CT molecular complexity index is 678. The fraction of sp³-hybridized carbons (Fsp3) is 0.462. The number of hydrogen-bond donors (Lipinski definition) is 2. The lowest BCUT2D eigenvalue weighted by Crippen LogP contribution is -2.32. The third-order valence-corrected chi connectivity index (χ3v) is 4.36. The molecule has 1 atom stereocenters. The smallest absolute Gasteiger partial charge is 0.271 e. The van der Waals surface area contributed by atoms with Gasteiger partial charge in [-0.25, -0.2) is 4.98 Å². The van der Waals surface area contributed by atoms with Gasteiger partial charge in [0.15, 0.2) is 4.96 Å². The molecule has 1 aliphatic rings. The quantitative estimate of drug-likeness (QED) is 0.874. The molecule has 0 bridgehead atoms. The van der Waals surface area contributed by atoms with Crippen LogP contribution in [0, 0.1) is 5.92 Å². The van der Waals surface area contributed by atoms with Crippen LogP contribution in [-0.4, -0.2) is 34.9 Å². The van der Waals surface area contributed by atoms with Gasteiger partial charge in [-0.1, -0.05) is 0 Å². The third kappa shape index (κ3) is 3.42. The molecule has 8 heteroatoms. The normalized spacial score (nSPS) is 17.6. The number of halogens is 1. The molecule has 1 saturated heterocycles. The van der Waals surface area contributed by atoms with Crippen molar-refractivity contribution in [3.05, 3.63) is 33.7 Å². The van der Waals surface area contributed by atoms with Crippen molar-refractivity contribution in [1.82, 2.24) is 20.0 Å². The number of fused-ring (bicyclic) bond motifs is 1. The van der Waals surface area contributed by atoms with Crippen molar-refractivity contribution >= 4 is 34.6 Å². The Morgan fingerprint density at radius 3 is 3.19 bits per heavy atom. The lowest BCUT2D eigenvalue weighted by Gasteiger charge is -2.09. The SMILES string of the molecule is Cl.O=C(NCCC1CCNC1)c1cnc2sccn2c1=O. The molecule has 2 aromatic rings. The molecule has 0 spiro atoms. The highest BCUT2D eigenvalue weighted by molar-refractivity contribution is 7.15. The predicted molar refractivity (Wildman–Crippen MR) is 84.5 cm³/mol. The van der Waals surface area contributed by atoms with E-state index in [9.17, 15) is 9.59 Å². The summed E-state index contributed by atoms with van der Waals surface area (Å²) in [6, 6.07) is 0. The van der Waals surface area contributed by atoms with Gasteiger partial charge in [-0.15, -0.1) is 23.7 Å². The fourth-order valence-electron chi connectivity index (χ4n) is 2.43. The van der Waals surface area contributed by atoms with Crippen molar-refractivity contribution < 1.29 is 4.79 Å². The fourth-order valence-corrected chi connectivity index (χ4v) is 3.10. The molecule has 1 amide bonds. The van der Waals surface area contributed by atoms with E-state index in [0.717, 1.165) is 25.9 Å². The first-order valence-corrected chi connectivity index (χ1v) is 7.57. The summed E-state index contributed by atoms with van der Waals surface area (Å²) in [5.41, 5.74) is -0.207. The van der Waals surface area contributed by atoms with Crippen molar-refractivity contribution in [2.45, 2.75) is 12.8 Å². The Morgan fingerprint density at radius 1 is 1.57 bits per heavy atom. The zero-order chi connectivity index (χ0) is 13.9. The first-order valence-electron chi connectivity index (χ1n) is 6.69. The van der Waals surface area contributed by atoms with Gasteiger partial charge < -0.3 is 10.6 Å². The third-order valence-electron chi connectivity index (χ3n) is 3.59. The molecule has 114 valence electrons. The molecule has 0 saturated carbocycles. The van der Waals surface area contributed by atoms with E-state index in [-0.39, 0.29) is 29.4 Å². The van der Waals surface area contributed by atoms with Crippen LogP contribution in [0.2, 0.25) is 0 Å². The summed E-state index contributed by atoms with van der Waals surface area (Å²) < 4.78 is 1.40. The van der Waals surface area contributed by atoms with Crippen LogP contribution in [0.3, 0.4) is 0 Å². The zero-order valence-electron chi connectivity index (χ0n) is 11.4. The molecule has 0 aromatic carbocycles. The second kappa shape index (κ2) is 7.02. The van der Waals surface area contributed by atoms with Gasteiger partial charge in [0.05, 0.1) is 0 Å². The minimum Gasteiger partial charge on any atom is -0.352 e. The highest BCUT2D eigenvalue weighted by Gasteiger charge is 2.16. The molecule has 2 N–H and O–H groups in total. The molecular weight excluding hydrogens is 312 g/mol. The summed E-state index contributed by atoms with van der Waals surface area (Å²) in [4.78, 5) is 28.9. The average Bonchev–Trinajstić information content (AvgIpc) is 3.09. The molecule has 1 aliphatic heterocycles. The largest absolute Gasteiger partial charge is 0.352 e. The van der Waals surface area contributed by atoms with Crippen molar-refractivity contribution in [2.75, 3.05) is 19.6 Å². The molecular formula is C13H17ClN4O2S. The highest BCUT2D eigenvalue weighted by Crippen LogP contribution is 2.11. The summed E-state index contributed by atoms with van der Waals surface area (Å²) in [6.45, 7) is 2.66. The van der Waals surface area contributed by atoms with Crippen LogP contribution in [0.4, 0.5) is 0 Å². The number of carbonyl (C=O) groups is 1. The summed E-state index contributed by atoms with van der Waals surface area (Å²) in [5.74, 6) is 0.280. The lowest BCUT2D eigenvalue weighted by molar-refractivity contribution is 0.0949. The second-order valence-corrected chi connectivity index (χ2v) is 5.81. The summed E-state index contributed by atoms with van der Waals surface area (Å²) in [6.07, 6.45) is 5.09. The Labute approximate surface area is 132 Å². The van der Waals surface area contributed by atoms with Crippen LogP contribution < -0.4 is 16.2 Å². The summed E-state index contributed by atoms with van der Waals surface area (Å²) in [5, 5.41) is 7.88. The van der Waals surface area contributed by atoms with Crippen LogP contribution in [-0.2, 0) is 0 Å². The van der Waals surface area contributed by atoms with Gasteiger partial charge in [-0.05, 0) is 31.8 Å². The molecule has 3 heterocycles. The predicted octanol–water partition coefficient (Wildman–Crippen LogP) is 0.907. The van der Waals surface area contributed by atoms with Crippen LogP contribution in [0.25, 0.3) is 4.96 Å². The molecule has 3 rings (SSSR count). The number of nitrogens with one attached hydrogen (secondary N) is 2. The number of hydrogen-bond acceptors (Lipinski definition) is 5.